The van der Waals surface area contributed by atoms with Crippen LogP contribution in [0.25, 0.3) is 0 Å². The average molecular weight is 307 g/mol. The molecule has 20 heavy (non-hydrogen) atoms. The fourth-order valence-electron chi connectivity index (χ4n) is 1.42. The zero-order valence-corrected chi connectivity index (χ0v) is 11.6. The van der Waals surface area contributed by atoms with E-state index in [-0.39, 0.29) is 0 Å². The van der Waals surface area contributed by atoms with E-state index < -0.39 is 6.09 Å². The summed E-state index contributed by atoms with van der Waals surface area (Å²) < 4.78 is 5.05. The topological polar surface area (TPSA) is 62.1 Å². The molecule has 0 aliphatic heterocycles. The number of nitrogens with zero attached hydrogens (tertiary/aromatic N) is 1. The van der Waals surface area contributed by atoms with Gasteiger partial charge in [0.2, 0.25) is 0 Å². The monoisotopic (exact) mass is 306 g/mol. The molecule has 0 bridgehead atoms. The number of hydrogen-bond acceptors (Lipinski definition) is 3. The van der Waals surface area contributed by atoms with Crippen LogP contribution in [0.4, 0.5) is 10.5 Å². The Morgan fingerprint density at radius 3 is 2.40 bits per heavy atom. The Balaban J connectivity index is 2.01. The van der Waals surface area contributed by atoms with Gasteiger partial charge in [-0.1, -0.05) is 23.2 Å². The summed E-state index contributed by atoms with van der Waals surface area (Å²) >= 11 is 11.6. The van der Waals surface area contributed by atoms with E-state index >= 15 is 0 Å². The lowest BCUT2D eigenvalue weighted by molar-refractivity contribution is 0.215. The first-order chi connectivity index (χ1) is 9.58. The van der Waals surface area contributed by atoms with Crippen molar-refractivity contribution in [3.05, 3.63) is 58.1 Å². The minimum absolute atomic E-state index is 0.335. The van der Waals surface area contributed by atoms with Crippen molar-refractivity contribution in [3.63, 3.8) is 0 Å². The van der Waals surface area contributed by atoms with Crippen LogP contribution in [0.1, 0.15) is 5.56 Å². The molecule has 0 aliphatic rings. The number of halogens is 2. The van der Waals surface area contributed by atoms with E-state index in [0.717, 1.165) is 0 Å². The second-order valence-corrected chi connectivity index (χ2v) is 4.59. The number of anilines is 1. The summed E-state index contributed by atoms with van der Waals surface area (Å²) in [5.41, 5.74) is 0.959. The Morgan fingerprint density at radius 2 is 1.80 bits per heavy atom. The van der Waals surface area contributed by atoms with E-state index in [1.165, 1.54) is 18.2 Å². The molecule has 0 fully saturated rings. The van der Waals surface area contributed by atoms with Gasteiger partial charge in [-0.25, -0.2) is 4.79 Å². The third kappa shape index (κ3) is 3.64. The van der Waals surface area contributed by atoms with Crippen LogP contribution < -0.4 is 10.1 Å². The fourth-order valence-corrected chi connectivity index (χ4v) is 1.72. The Hall–Kier alpha value is -2.22. The summed E-state index contributed by atoms with van der Waals surface area (Å²) in [5, 5.41) is 11.9. The molecule has 2 rings (SSSR count). The van der Waals surface area contributed by atoms with E-state index in [9.17, 15) is 4.79 Å². The molecule has 0 aromatic heterocycles. The molecule has 0 unspecified atom stereocenters. The maximum Gasteiger partial charge on any atom is 0.417 e. The van der Waals surface area contributed by atoms with Crippen LogP contribution in [0.3, 0.4) is 0 Å². The van der Waals surface area contributed by atoms with Crippen LogP contribution in [0.15, 0.2) is 42.5 Å². The largest absolute Gasteiger partial charge is 0.417 e. The van der Waals surface area contributed by atoms with Gasteiger partial charge in [0.15, 0.2) is 0 Å². The standard InChI is InChI=1S/C14H8Cl2N2O2/c15-12-6-3-10(7-13(12)16)18-14(19)20-11-4-1-9(8-17)2-5-11/h1-7H,(H,18,19). The Morgan fingerprint density at radius 1 is 1.10 bits per heavy atom. The summed E-state index contributed by atoms with van der Waals surface area (Å²) in [6.45, 7) is 0. The second kappa shape index (κ2) is 6.29. The molecule has 4 nitrogen and oxygen atoms in total. The normalized spacial score (nSPS) is 9.65. The molecule has 100 valence electrons. The number of amides is 1. The molecule has 2 aromatic rings. The van der Waals surface area contributed by atoms with Crippen molar-refractivity contribution in [2.75, 3.05) is 5.32 Å². The maximum atomic E-state index is 11.7. The van der Waals surface area contributed by atoms with Crippen molar-refractivity contribution in [3.8, 4) is 11.8 Å². The maximum absolute atomic E-state index is 11.7. The molecule has 2 aromatic carbocycles. The summed E-state index contributed by atoms with van der Waals surface area (Å²) in [4.78, 5) is 11.7. The van der Waals surface area contributed by atoms with Crippen LogP contribution in [-0.2, 0) is 0 Å². The smallest absolute Gasteiger partial charge is 0.410 e. The number of ether oxygens (including phenoxy) is 1. The molecule has 0 spiro atoms. The van der Waals surface area contributed by atoms with Gasteiger partial charge in [-0.2, -0.15) is 5.26 Å². The van der Waals surface area contributed by atoms with E-state index in [1.807, 2.05) is 6.07 Å². The quantitative estimate of drug-likeness (QED) is 0.890. The van der Waals surface area contributed by atoms with Gasteiger partial charge in [0.05, 0.1) is 21.7 Å². The van der Waals surface area contributed by atoms with Crippen molar-refractivity contribution >= 4 is 35.0 Å². The highest BCUT2D eigenvalue weighted by Crippen LogP contribution is 2.25. The highest BCUT2D eigenvalue weighted by Gasteiger charge is 2.06. The number of carbonyl (C=O) groups is 1. The number of carbonyl (C=O) groups excluding carboxylic acids is 1. The lowest BCUT2D eigenvalue weighted by Crippen LogP contribution is -2.16. The molecular formula is C14H8Cl2N2O2. The Kier molecular flexibility index (Phi) is 4.46. The number of nitriles is 1. The molecule has 0 radical (unpaired) electrons. The molecule has 0 saturated carbocycles. The third-order valence-electron chi connectivity index (χ3n) is 2.36. The van der Waals surface area contributed by atoms with Gasteiger partial charge in [-0.05, 0) is 42.5 Å². The van der Waals surface area contributed by atoms with Gasteiger partial charge >= 0.3 is 6.09 Å². The number of hydrogen-bond donors (Lipinski definition) is 1. The van der Waals surface area contributed by atoms with Gasteiger partial charge in [0.25, 0.3) is 0 Å². The molecule has 0 saturated heterocycles. The summed E-state index contributed by atoms with van der Waals surface area (Å²) in [6, 6.07) is 12.9. The number of benzene rings is 2. The van der Waals surface area contributed by atoms with E-state index in [2.05, 4.69) is 5.32 Å². The van der Waals surface area contributed by atoms with Gasteiger partial charge < -0.3 is 4.74 Å². The zero-order valence-electron chi connectivity index (χ0n) is 10.1. The minimum Gasteiger partial charge on any atom is -0.410 e. The van der Waals surface area contributed by atoms with Crippen molar-refractivity contribution in [2.24, 2.45) is 0 Å². The predicted molar refractivity (Wildman–Crippen MR) is 77.3 cm³/mol. The molecule has 0 aliphatic carbocycles. The third-order valence-corrected chi connectivity index (χ3v) is 3.10. The summed E-state index contributed by atoms with van der Waals surface area (Å²) in [6.07, 6.45) is -0.659. The molecule has 0 heterocycles. The van der Waals surface area contributed by atoms with Gasteiger partial charge in [-0.3, -0.25) is 5.32 Å². The molecular weight excluding hydrogens is 299 g/mol. The Bertz CT molecular complexity index is 679. The first-order valence-corrected chi connectivity index (χ1v) is 6.28. The van der Waals surface area contributed by atoms with Crippen LogP contribution in [0, 0.1) is 11.3 Å². The van der Waals surface area contributed by atoms with Crippen LogP contribution >= 0.6 is 23.2 Å². The van der Waals surface area contributed by atoms with Gasteiger partial charge in [-0.15, -0.1) is 0 Å². The second-order valence-electron chi connectivity index (χ2n) is 3.78. The van der Waals surface area contributed by atoms with Crippen LogP contribution in [0.2, 0.25) is 10.0 Å². The molecule has 1 amide bonds. The zero-order chi connectivity index (χ0) is 14.5. The molecule has 1 N–H and O–H groups in total. The lowest BCUT2D eigenvalue weighted by atomic mass is 10.2. The molecule has 6 heteroatoms. The van der Waals surface area contributed by atoms with Crippen molar-refractivity contribution in [2.45, 2.75) is 0 Å². The van der Waals surface area contributed by atoms with Crippen LogP contribution in [0.5, 0.6) is 5.75 Å². The number of rotatable bonds is 2. The fraction of sp³-hybridized carbons (Fsp3) is 0. The molecule has 0 atom stereocenters. The van der Waals surface area contributed by atoms with Crippen molar-refractivity contribution in [1.82, 2.24) is 0 Å². The highest BCUT2D eigenvalue weighted by atomic mass is 35.5. The van der Waals surface area contributed by atoms with Crippen LogP contribution in [-0.4, -0.2) is 6.09 Å². The lowest BCUT2D eigenvalue weighted by Gasteiger charge is -2.07. The van der Waals surface area contributed by atoms with Gasteiger partial charge in [0, 0.05) is 5.69 Å². The SMILES string of the molecule is N#Cc1ccc(OC(=O)Nc2ccc(Cl)c(Cl)c2)cc1. The Labute approximate surface area is 125 Å². The number of nitrogens with one attached hydrogen (secondary N) is 1. The summed E-state index contributed by atoms with van der Waals surface area (Å²) in [5.74, 6) is 0.335. The first-order valence-electron chi connectivity index (χ1n) is 5.52. The van der Waals surface area contributed by atoms with E-state index in [4.69, 9.17) is 33.2 Å². The predicted octanol–water partition coefficient (Wildman–Crippen LogP) is 4.48. The average Bonchev–Trinajstić information content (AvgIpc) is 2.44. The minimum atomic E-state index is -0.659. The first kappa shape index (κ1) is 14.2. The van der Waals surface area contributed by atoms with E-state index in [1.54, 1.807) is 24.3 Å². The van der Waals surface area contributed by atoms with Gasteiger partial charge in [0.1, 0.15) is 5.75 Å². The van der Waals surface area contributed by atoms with Crippen molar-refractivity contribution < 1.29 is 9.53 Å². The van der Waals surface area contributed by atoms with E-state index in [0.29, 0.717) is 27.0 Å². The summed E-state index contributed by atoms with van der Waals surface area (Å²) in [7, 11) is 0. The highest BCUT2D eigenvalue weighted by molar-refractivity contribution is 6.42. The van der Waals surface area contributed by atoms with Crippen molar-refractivity contribution in [1.29, 1.82) is 5.26 Å².